The summed E-state index contributed by atoms with van der Waals surface area (Å²) in [7, 11) is 0. The topological polar surface area (TPSA) is 44.0 Å². The van der Waals surface area contributed by atoms with E-state index in [1.807, 2.05) is 12.1 Å². The van der Waals surface area contributed by atoms with Gasteiger partial charge in [-0.05, 0) is 36.1 Å². The monoisotopic (exact) mass is 159 g/mol. The zero-order valence-corrected chi connectivity index (χ0v) is 6.62. The van der Waals surface area contributed by atoms with Gasteiger partial charge in [0.2, 0.25) is 0 Å². The van der Waals surface area contributed by atoms with Gasteiger partial charge in [0.05, 0.1) is 17.7 Å². The first-order valence-corrected chi connectivity index (χ1v) is 4.02. The van der Waals surface area contributed by atoms with Crippen molar-refractivity contribution in [2.75, 3.05) is 0 Å². The fourth-order valence-electron chi connectivity index (χ4n) is 1.66. The lowest BCUT2D eigenvalue weighted by molar-refractivity contribution is 0.180. The highest BCUT2D eigenvalue weighted by Gasteiger charge is 2.19. The minimum Gasteiger partial charge on any atom is -0.388 e. The molecule has 0 unspecified atom stereocenters. The Bertz CT molecular complexity index is 351. The number of fused-ring (bicyclic) bond motifs is 1. The lowest BCUT2D eigenvalue weighted by Crippen LogP contribution is -1.89. The number of hydrogen-bond acceptors (Lipinski definition) is 2. The van der Waals surface area contributed by atoms with Crippen LogP contribution < -0.4 is 0 Å². The maximum atomic E-state index is 9.46. The van der Waals surface area contributed by atoms with Crippen LogP contribution in [0, 0.1) is 11.3 Å². The molecule has 12 heavy (non-hydrogen) atoms. The van der Waals surface area contributed by atoms with Gasteiger partial charge >= 0.3 is 0 Å². The molecule has 0 radical (unpaired) electrons. The zero-order valence-electron chi connectivity index (χ0n) is 6.62. The third kappa shape index (κ3) is 0.992. The molecule has 0 heterocycles. The summed E-state index contributed by atoms with van der Waals surface area (Å²) in [6.45, 7) is 0. The molecular formula is C10H9NO. The average Bonchev–Trinajstić information content (AvgIpc) is 2.47. The maximum Gasteiger partial charge on any atom is 0.0991 e. The van der Waals surface area contributed by atoms with E-state index in [2.05, 4.69) is 6.07 Å². The van der Waals surface area contributed by atoms with Crippen LogP contribution in [0.25, 0.3) is 0 Å². The predicted molar refractivity (Wildman–Crippen MR) is 44.4 cm³/mol. The quantitative estimate of drug-likeness (QED) is 0.624. The highest BCUT2D eigenvalue weighted by atomic mass is 16.3. The van der Waals surface area contributed by atoms with Gasteiger partial charge in [0, 0.05) is 0 Å². The molecule has 2 nitrogen and oxygen atoms in total. The van der Waals surface area contributed by atoms with Gasteiger partial charge in [-0.1, -0.05) is 6.07 Å². The van der Waals surface area contributed by atoms with E-state index in [0.717, 1.165) is 24.0 Å². The van der Waals surface area contributed by atoms with Crippen LogP contribution in [-0.2, 0) is 6.42 Å². The van der Waals surface area contributed by atoms with E-state index in [4.69, 9.17) is 5.26 Å². The van der Waals surface area contributed by atoms with Gasteiger partial charge < -0.3 is 5.11 Å². The second-order valence-electron chi connectivity index (χ2n) is 3.08. The molecule has 0 spiro atoms. The second-order valence-corrected chi connectivity index (χ2v) is 3.08. The van der Waals surface area contributed by atoms with Gasteiger partial charge in [0.15, 0.2) is 0 Å². The molecule has 1 aromatic rings. The summed E-state index contributed by atoms with van der Waals surface area (Å²) in [6.07, 6.45) is 1.38. The number of benzene rings is 1. The molecule has 1 aliphatic carbocycles. The first-order chi connectivity index (χ1) is 5.81. The molecule has 1 N–H and O–H groups in total. The van der Waals surface area contributed by atoms with Gasteiger partial charge in [0.1, 0.15) is 0 Å². The molecule has 2 rings (SSSR count). The predicted octanol–water partition coefficient (Wildman–Crippen LogP) is 1.54. The van der Waals surface area contributed by atoms with E-state index in [1.54, 1.807) is 6.07 Å². The molecule has 1 atom stereocenters. The lowest BCUT2D eigenvalue weighted by atomic mass is 10.1. The maximum absolute atomic E-state index is 9.46. The van der Waals surface area contributed by atoms with Gasteiger partial charge in [-0.3, -0.25) is 0 Å². The SMILES string of the molecule is N#Cc1ccc2c(c1)CC[C@H]2O. The molecule has 0 saturated carbocycles. The van der Waals surface area contributed by atoms with E-state index in [-0.39, 0.29) is 6.10 Å². The Hall–Kier alpha value is -1.33. The summed E-state index contributed by atoms with van der Waals surface area (Å²) in [5.41, 5.74) is 2.80. The molecule has 1 aliphatic rings. The minimum atomic E-state index is -0.312. The Morgan fingerprint density at radius 3 is 3.08 bits per heavy atom. The van der Waals surface area contributed by atoms with E-state index in [1.165, 1.54) is 0 Å². The van der Waals surface area contributed by atoms with E-state index >= 15 is 0 Å². The Labute approximate surface area is 71.1 Å². The molecular weight excluding hydrogens is 150 g/mol. The van der Waals surface area contributed by atoms with E-state index < -0.39 is 0 Å². The third-order valence-corrected chi connectivity index (χ3v) is 2.32. The number of aliphatic hydroxyl groups is 1. The normalized spacial score (nSPS) is 20.2. The molecule has 2 heteroatoms. The summed E-state index contributed by atoms with van der Waals surface area (Å²) >= 11 is 0. The van der Waals surface area contributed by atoms with Crippen molar-refractivity contribution in [1.82, 2.24) is 0 Å². The van der Waals surface area contributed by atoms with Crippen molar-refractivity contribution in [3.8, 4) is 6.07 Å². The average molecular weight is 159 g/mol. The van der Waals surface area contributed by atoms with E-state index in [9.17, 15) is 5.11 Å². The number of aliphatic hydroxyl groups excluding tert-OH is 1. The van der Waals surface area contributed by atoms with Crippen LogP contribution in [0.3, 0.4) is 0 Å². The number of nitrogens with zero attached hydrogens (tertiary/aromatic N) is 1. The smallest absolute Gasteiger partial charge is 0.0991 e. The Morgan fingerprint density at radius 2 is 2.33 bits per heavy atom. The van der Waals surface area contributed by atoms with Crippen LogP contribution in [0.5, 0.6) is 0 Å². The number of aryl methyl sites for hydroxylation is 1. The third-order valence-electron chi connectivity index (χ3n) is 2.32. The summed E-state index contributed by atoms with van der Waals surface area (Å²) in [5.74, 6) is 0. The molecule has 1 aromatic carbocycles. The van der Waals surface area contributed by atoms with Crippen LogP contribution >= 0.6 is 0 Å². The van der Waals surface area contributed by atoms with Crippen molar-refractivity contribution < 1.29 is 5.11 Å². The summed E-state index contributed by atoms with van der Waals surface area (Å²) in [4.78, 5) is 0. The number of rotatable bonds is 0. The molecule has 0 fully saturated rings. The Kier molecular flexibility index (Phi) is 1.60. The Morgan fingerprint density at radius 1 is 1.50 bits per heavy atom. The fourth-order valence-corrected chi connectivity index (χ4v) is 1.66. The van der Waals surface area contributed by atoms with E-state index in [0.29, 0.717) is 5.56 Å². The van der Waals surface area contributed by atoms with Crippen LogP contribution in [0.4, 0.5) is 0 Å². The summed E-state index contributed by atoms with van der Waals surface area (Å²) < 4.78 is 0. The second kappa shape index (κ2) is 2.62. The minimum absolute atomic E-state index is 0.312. The van der Waals surface area contributed by atoms with Gasteiger partial charge in [-0.15, -0.1) is 0 Å². The molecule has 0 bridgehead atoms. The standard InChI is InChI=1S/C10H9NO/c11-6-7-1-3-9-8(5-7)2-4-10(9)12/h1,3,5,10,12H,2,4H2/t10-/m1/s1. The summed E-state index contributed by atoms with van der Waals surface area (Å²) in [6, 6.07) is 7.57. The van der Waals surface area contributed by atoms with Crippen molar-refractivity contribution in [3.63, 3.8) is 0 Å². The van der Waals surface area contributed by atoms with Gasteiger partial charge in [-0.2, -0.15) is 5.26 Å². The van der Waals surface area contributed by atoms with Crippen molar-refractivity contribution >= 4 is 0 Å². The van der Waals surface area contributed by atoms with Crippen LogP contribution in [-0.4, -0.2) is 5.11 Å². The highest BCUT2D eigenvalue weighted by molar-refractivity contribution is 5.41. The Balaban J connectivity index is 2.50. The van der Waals surface area contributed by atoms with Crippen LogP contribution in [0.1, 0.15) is 29.2 Å². The van der Waals surface area contributed by atoms with Crippen LogP contribution in [0.15, 0.2) is 18.2 Å². The van der Waals surface area contributed by atoms with Crippen molar-refractivity contribution in [1.29, 1.82) is 5.26 Å². The van der Waals surface area contributed by atoms with Crippen molar-refractivity contribution in [2.45, 2.75) is 18.9 Å². The van der Waals surface area contributed by atoms with Gasteiger partial charge in [-0.25, -0.2) is 0 Å². The van der Waals surface area contributed by atoms with Crippen LogP contribution in [0.2, 0.25) is 0 Å². The molecule has 0 aromatic heterocycles. The summed E-state index contributed by atoms with van der Waals surface area (Å²) in [5, 5.41) is 18.1. The van der Waals surface area contributed by atoms with Crippen molar-refractivity contribution in [2.24, 2.45) is 0 Å². The first kappa shape index (κ1) is 7.33. The molecule has 60 valence electrons. The highest BCUT2D eigenvalue weighted by Crippen LogP contribution is 2.31. The largest absolute Gasteiger partial charge is 0.388 e. The first-order valence-electron chi connectivity index (χ1n) is 4.02. The zero-order chi connectivity index (χ0) is 8.55. The van der Waals surface area contributed by atoms with Crippen molar-refractivity contribution in [3.05, 3.63) is 34.9 Å². The molecule has 0 saturated heterocycles. The van der Waals surface area contributed by atoms with Gasteiger partial charge in [0.25, 0.3) is 0 Å². The molecule has 0 aliphatic heterocycles. The number of nitriles is 1. The molecule has 0 amide bonds. The number of hydrogen-bond donors (Lipinski definition) is 1. The fraction of sp³-hybridized carbons (Fsp3) is 0.300. The lowest BCUT2D eigenvalue weighted by Gasteiger charge is -2.02.